The zero-order valence-corrected chi connectivity index (χ0v) is 12.7. The average Bonchev–Trinajstić information content (AvgIpc) is 2.90. The van der Waals surface area contributed by atoms with E-state index in [1.165, 1.54) is 33.5 Å². The van der Waals surface area contributed by atoms with Gasteiger partial charge in [0.2, 0.25) is 0 Å². The summed E-state index contributed by atoms with van der Waals surface area (Å²) >= 11 is 0. The van der Waals surface area contributed by atoms with E-state index in [0.717, 1.165) is 6.54 Å². The number of rotatable bonds is 3. The number of fused-ring (bicyclic) bond motifs is 3. The van der Waals surface area contributed by atoms with Gasteiger partial charge in [0.25, 0.3) is 0 Å². The van der Waals surface area contributed by atoms with Gasteiger partial charge in [-0.05, 0) is 40.8 Å². The highest BCUT2D eigenvalue weighted by Crippen LogP contribution is 2.49. The second-order valence-corrected chi connectivity index (χ2v) is 5.73. The zero-order chi connectivity index (χ0) is 14.9. The van der Waals surface area contributed by atoms with Crippen LogP contribution in [0.5, 0.6) is 0 Å². The monoisotopic (exact) mass is 285 g/mol. The fourth-order valence-electron chi connectivity index (χ4n) is 3.59. The third kappa shape index (κ3) is 1.93. The summed E-state index contributed by atoms with van der Waals surface area (Å²) in [5, 5.41) is 3.51. The van der Waals surface area contributed by atoms with E-state index in [1.807, 2.05) is 0 Å². The molecular formula is C21H19N. The van der Waals surface area contributed by atoms with E-state index in [4.69, 9.17) is 0 Å². The summed E-state index contributed by atoms with van der Waals surface area (Å²) in [6, 6.07) is 26.3. The van der Waals surface area contributed by atoms with Gasteiger partial charge in [-0.3, -0.25) is 0 Å². The van der Waals surface area contributed by atoms with Crippen LogP contribution in [0.4, 0.5) is 5.69 Å². The topological polar surface area (TPSA) is 12.0 Å². The standard InChI is InChI=1S/C21H19N/c1-2-22-20-14-8-7-13-19(20)21-17-11-5-3-9-15(17)16-10-4-6-12-18(16)21/h3-14,21-22H,2H2,1H3. The van der Waals surface area contributed by atoms with Gasteiger partial charge in [-0.1, -0.05) is 66.7 Å². The minimum atomic E-state index is 0.322. The smallest absolute Gasteiger partial charge is 0.0382 e. The van der Waals surface area contributed by atoms with Crippen molar-refractivity contribution < 1.29 is 0 Å². The molecule has 0 atom stereocenters. The Labute approximate surface area is 131 Å². The Bertz CT molecular complexity index is 774. The van der Waals surface area contributed by atoms with Crippen molar-refractivity contribution in [1.29, 1.82) is 0 Å². The quantitative estimate of drug-likeness (QED) is 0.540. The third-order valence-corrected chi connectivity index (χ3v) is 4.47. The molecule has 3 aromatic rings. The summed E-state index contributed by atoms with van der Waals surface area (Å²) in [6.45, 7) is 3.08. The summed E-state index contributed by atoms with van der Waals surface area (Å²) in [5.74, 6) is 0.322. The molecule has 0 unspecified atom stereocenters. The molecule has 4 rings (SSSR count). The van der Waals surface area contributed by atoms with Crippen LogP contribution >= 0.6 is 0 Å². The van der Waals surface area contributed by atoms with Gasteiger partial charge in [0.05, 0.1) is 0 Å². The van der Waals surface area contributed by atoms with E-state index in [1.54, 1.807) is 0 Å². The molecule has 0 radical (unpaired) electrons. The minimum absolute atomic E-state index is 0.322. The van der Waals surface area contributed by atoms with Gasteiger partial charge in [0.1, 0.15) is 0 Å². The largest absolute Gasteiger partial charge is 0.385 e. The van der Waals surface area contributed by atoms with Crippen molar-refractivity contribution in [3.8, 4) is 11.1 Å². The zero-order valence-electron chi connectivity index (χ0n) is 12.7. The molecule has 0 heterocycles. The highest BCUT2D eigenvalue weighted by Gasteiger charge is 2.30. The lowest BCUT2D eigenvalue weighted by molar-refractivity contribution is 1.01. The first kappa shape index (κ1) is 13.1. The fraction of sp³-hybridized carbons (Fsp3) is 0.143. The van der Waals surface area contributed by atoms with Crippen LogP contribution < -0.4 is 5.32 Å². The molecule has 3 aromatic carbocycles. The summed E-state index contributed by atoms with van der Waals surface area (Å²) in [6.07, 6.45) is 0. The van der Waals surface area contributed by atoms with Crippen LogP contribution in [-0.2, 0) is 0 Å². The predicted octanol–water partition coefficient (Wildman–Crippen LogP) is 5.28. The molecule has 0 aromatic heterocycles. The number of para-hydroxylation sites is 1. The second kappa shape index (κ2) is 5.34. The Balaban J connectivity index is 1.96. The van der Waals surface area contributed by atoms with Gasteiger partial charge in [0, 0.05) is 18.2 Å². The van der Waals surface area contributed by atoms with Crippen LogP contribution in [0.15, 0.2) is 72.8 Å². The Morgan fingerprint density at radius 3 is 1.77 bits per heavy atom. The highest BCUT2D eigenvalue weighted by atomic mass is 14.9. The fourth-order valence-corrected chi connectivity index (χ4v) is 3.59. The molecule has 108 valence electrons. The van der Waals surface area contributed by atoms with E-state index >= 15 is 0 Å². The van der Waals surface area contributed by atoms with Gasteiger partial charge in [0.15, 0.2) is 0 Å². The van der Waals surface area contributed by atoms with Crippen molar-refractivity contribution in [2.75, 3.05) is 11.9 Å². The number of anilines is 1. The van der Waals surface area contributed by atoms with E-state index in [0.29, 0.717) is 5.92 Å². The van der Waals surface area contributed by atoms with Gasteiger partial charge in [-0.15, -0.1) is 0 Å². The normalized spacial score (nSPS) is 12.8. The molecule has 0 saturated carbocycles. The van der Waals surface area contributed by atoms with Crippen molar-refractivity contribution in [3.63, 3.8) is 0 Å². The van der Waals surface area contributed by atoms with Crippen molar-refractivity contribution in [1.82, 2.24) is 0 Å². The van der Waals surface area contributed by atoms with E-state index < -0.39 is 0 Å². The number of nitrogens with one attached hydrogen (secondary N) is 1. The summed E-state index contributed by atoms with van der Waals surface area (Å²) in [5.41, 5.74) is 8.16. The Morgan fingerprint density at radius 1 is 0.682 bits per heavy atom. The van der Waals surface area contributed by atoms with Crippen molar-refractivity contribution in [3.05, 3.63) is 89.5 Å². The summed E-state index contributed by atoms with van der Waals surface area (Å²) in [7, 11) is 0. The second-order valence-electron chi connectivity index (χ2n) is 5.73. The maximum absolute atomic E-state index is 3.51. The maximum Gasteiger partial charge on any atom is 0.0382 e. The molecule has 1 heteroatoms. The van der Waals surface area contributed by atoms with Gasteiger partial charge < -0.3 is 5.32 Å². The molecule has 22 heavy (non-hydrogen) atoms. The minimum Gasteiger partial charge on any atom is -0.385 e. The summed E-state index contributed by atoms with van der Waals surface area (Å²) < 4.78 is 0. The molecular weight excluding hydrogens is 266 g/mol. The first-order chi connectivity index (χ1) is 10.9. The SMILES string of the molecule is CCNc1ccccc1C1c2ccccc2-c2ccccc21. The molecule has 1 nitrogen and oxygen atoms in total. The first-order valence-electron chi connectivity index (χ1n) is 7.91. The maximum atomic E-state index is 3.51. The van der Waals surface area contributed by atoms with E-state index in [2.05, 4.69) is 85.0 Å². The lowest BCUT2D eigenvalue weighted by Gasteiger charge is -2.19. The number of benzene rings is 3. The molecule has 1 aliphatic carbocycles. The molecule has 0 amide bonds. The van der Waals surface area contributed by atoms with Crippen LogP contribution in [0.1, 0.15) is 29.5 Å². The molecule has 0 bridgehead atoms. The Kier molecular flexibility index (Phi) is 3.19. The van der Waals surface area contributed by atoms with Crippen LogP contribution in [-0.4, -0.2) is 6.54 Å². The molecule has 1 aliphatic rings. The molecule has 1 N–H and O–H groups in total. The van der Waals surface area contributed by atoms with Gasteiger partial charge in [-0.2, -0.15) is 0 Å². The average molecular weight is 285 g/mol. The predicted molar refractivity (Wildman–Crippen MR) is 93.4 cm³/mol. The van der Waals surface area contributed by atoms with Crippen molar-refractivity contribution >= 4 is 5.69 Å². The van der Waals surface area contributed by atoms with Gasteiger partial charge in [-0.25, -0.2) is 0 Å². The molecule has 0 spiro atoms. The van der Waals surface area contributed by atoms with Crippen LogP contribution in [0.3, 0.4) is 0 Å². The molecule has 0 aliphatic heterocycles. The number of hydrogen-bond acceptors (Lipinski definition) is 1. The summed E-state index contributed by atoms with van der Waals surface area (Å²) in [4.78, 5) is 0. The first-order valence-corrected chi connectivity index (χ1v) is 7.91. The van der Waals surface area contributed by atoms with Crippen molar-refractivity contribution in [2.24, 2.45) is 0 Å². The Morgan fingerprint density at radius 2 is 1.18 bits per heavy atom. The highest BCUT2D eigenvalue weighted by molar-refractivity contribution is 5.81. The van der Waals surface area contributed by atoms with Crippen LogP contribution in [0.2, 0.25) is 0 Å². The Hall–Kier alpha value is -2.54. The number of hydrogen-bond donors (Lipinski definition) is 1. The van der Waals surface area contributed by atoms with E-state index in [9.17, 15) is 0 Å². The van der Waals surface area contributed by atoms with E-state index in [-0.39, 0.29) is 0 Å². The molecule has 0 fully saturated rings. The lowest BCUT2D eigenvalue weighted by Crippen LogP contribution is -2.06. The van der Waals surface area contributed by atoms with Crippen LogP contribution in [0.25, 0.3) is 11.1 Å². The lowest BCUT2D eigenvalue weighted by atomic mass is 9.88. The van der Waals surface area contributed by atoms with Crippen molar-refractivity contribution in [2.45, 2.75) is 12.8 Å². The third-order valence-electron chi connectivity index (χ3n) is 4.47. The molecule has 0 saturated heterocycles. The van der Waals surface area contributed by atoms with Crippen LogP contribution in [0, 0.1) is 0 Å². The van der Waals surface area contributed by atoms with Gasteiger partial charge >= 0.3 is 0 Å².